The minimum atomic E-state index is -0.821. The topological polar surface area (TPSA) is 125 Å². The van der Waals surface area contributed by atoms with Gasteiger partial charge in [0.15, 0.2) is 5.16 Å². The molecule has 0 saturated carbocycles. The van der Waals surface area contributed by atoms with Gasteiger partial charge in [-0.25, -0.2) is 9.78 Å². The molecule has 2 N–H and O–H groups in total. The van der Waals surface area contributed by atoms with Crippen molar-refractivity contribution in [1.29, 1.82) is 5.26 Å². The van der Waals surface area contributed by atoms with E-state index >= 15 is 0 Å². The van der Waals surface area contributed by atoms with Crippen LogP contribution in [0.15, 0.2) is 70.6 Å². The third-order valence-corrected chi connectivity index (χ3v) is 7.53. The summed E-state index contributed by atoms with van der Waals surface area (Å²) in [5.74, 6) is 0.138. The molecule has 36 heavy (non-hydrogen) atoms. The second kappa shape index (κ2) is 13.5. The molecule has 0 bridgehead atoms. The number of amides is 1. The molecule has 0 aliphatic carbocycles. The van der Waals surface area contributed by atoms with Crippen LogP contribution in [0.1, 0.15) is 24.5 Å². The minimum absolute atomic E-state index is 0.0933. The van der Waals surface area contributed by atoms with Gasteiger partial charge in [-0.1, -0.05) is 79.3 Å². The van der Waals surface area contributed by atoms with Crippen molar-refractivity contribution in [3.8, 4) is 17.3 Å². The van der Waals surface area contributed by atoms with E-state index in [-0.39, 0.29) is 22.3 Å². The zero-order valence-corrected chi connectivity index (χ0v) is 21.5. The number of esters is 1. The highest BCUT2D eigenvalue weighted by Gasteiger charge is 2.27. The third kappa shape index (κ3) is 7.23. The number of benzene rings is 2. The summed E-state index contributed by atoms with van der Waals surface area (Å²) < 4.78 is 4.89. The summed E-state index contributed by atoms with van der Waals surface area (Å²) in [7, 11) is 1.28. The highest BCUT2D eigenvalue weighted by molar-refractivity contribution is 8.00. The van der Waals surface area contributed by atoms with Crippen molar-refractivity contribution in [2.75, 3.05) is 12.9 Å². The number of H-pyrrole nitrogens is 1. The monoisotopic (exact) mass is 522 g/mol. The first-order chi connectivity index (χ1) is 17.5. The Bertz CT molecular complexity index is 1280. The van der Waals surface area contributed by atoms with E-state index in [2.05, 4.69) is 15.3 Å². The van der Waals surface area contributed by atoms with Crippen molar-refractivity contribution < 1.29 is 14.3 Å². The van der Waals surface area contributed by atoms with Gasteiger partial charge in [0.05, 0.1) is 18.1 Å². The van der Waals surface area contributed by atoms with Crippen LogP contribution in [-0.2, 0) is 20.1 Å². The summed E-state index contributed by atoms with van der Waals surface area (Å²) in [5, 5.41) is 11.8. The maximum atomic E-state index is 13.1. The fraction of sp³-hybridized carbons (Fsp3) is 0.269. The van der Waals surface area contributed by atoms with Gasteiger partial charge in [0.1, 0.15) is 17.7 Å². The molecule has 0 saturated heterocycles. The average Bonchev–Trinajstić information content (AvgIpc) is 2.91. The lowest BCUT2D eigenvalue weighted by atomic mass is 10.1. The molecule has 3 aromatic rings. The van der Waals surface area contributed by atoms with Gasteiger partial charge in [-0.3, -0.25) is 9.59 Å². The first-order valence-electron chi connectivity index (χ1n) is 11.2. The van der Waals surface area contributed by atoms with Crippen LogP contribution in [0.25, 0.3) is 11.3 Å². The van der Waals surface area contributed by atoms with Crippen LogP contribution >= 0.6 is 23.5 Å². The molecule has 8 nitrogen and oxygen atoms in total. The third-order valence-electron chi connectivity index (χ3n) is 5.17. The Kier molecular flexibility index (Phi) is 10.2. The van der Waals surface area contributed by atoms with Crippen molar-refractivity contribution in [2.24, 2.45) is 0 Å². The van der Waals surface area contributed by atoms with Gasteiger partial charge >= 0.3 is 5.97 Å². The van der Waals surface area contributed by atoms with Crippen LogP contribution in [0.2, 0.25) is 0 Å². The number of thioether (sulfide) groups is 2. The van der Waals surface area contributed by atoms with E-state index in [4.69, 9.17) is 4.74 Å². The molecule has 0 unspecified atom stereocenters. The zero-order valence-electron chi connectivity index (χ0n) is 19.9. The number of methoxy groups -OCH3 is 1. The quantitative estimate of drug-likeness (QED) is 0.222. The summed E-state index contributed by atoms with van der Waals surface area (Å²) in [6.45, 7) is 1.83. The SMILES string of the molecule is CC[C@H](Sc1nc(-c2ccccc2)c(C#N)c(=O)[nH]1)C(=O)N[C@H](CSCc1ccccc1)C(=O)OC. The minimum Gasteiger partial charge on any atom is -0.467 e. The van der Waals surface area contributed by atoms with Crippen molar-refractivity contribution >= 4 is 35.4 Å². The largest absolute Gasteiger partial charge is 0.467 e. The molecule has 2 atom stereocenters. The molecule has 10 heteroatoms. The maximum absolute atomic E-state index is 13.1. The lowest BCUT2D eigenvalue weighted by Crippen LogP contribution is -2.46. The zero-order chi connectivity index (χ0) is 25.9. The summed E-state index contributed by atoms with van der Waals surface area (Å²) in [6, 6.07) is 19.8. The Morgan fingerprint density at radius 2 is 1.81 bits per heavy atom. The molecule has 1 heterocycles. The average molecular weight is 523 g/mol. The number of hydrogen-bond donors (Lipinski definition) is 2. The molecular weight excluding hydrogens is 496 g/mol. The van der Waals surface area contributed by atoms with E-state index < -0.39 is 22.8 Å². The van der Waals surface area contributed by atoms with E-state index in [9.17, 15) is 19.6 Å². The standard InChI is InChI=1S/C26H26N4O4S2/c1-3-21(24(32)28-20(25(33)34-2)16-35-15-17-10-6-4-7-11-17)36-26-29-22(18-12-8-5-9-13-18)19(14-27)23(31)30-26/h4-13,20-21H,3,15-16H2,1-2H3,(H,28,32)(H,29,30,31)/t20-,21+/m1/s1. The number of aromatic nitrogens is 2. The molecule has 2 aromatic carbocycles. The second-order valence-electron chi connectivity index (χ2n) is 7.67. The van der Waals surface area contributed by atoms with Gasteiger partial charge in [-0.15, -0.1) is 0 Å². The summed E-state index contributed by atoms with van der Waals surface area (Å²) in [5.41, 5.74) is 1.33. The van der Waals surface area contributed by atoms with E-state index in [1.165, 1.54) is 18.9 Å². The van der Waals surface area contributed by atoms with Gasteiger partial charge in [0.25, 0.3) is 5.56 Å². The van der Waals surface area contributed by atoms with E-state index in [1.54, 1.807) is 24.3 Å². The number of carbonyl (C=O) groups is 2. The molecule has 0 spiro atoms. The van der Waals surface area contributed by atoms with Crippen molar-refractivity contribution in [3.63, 3.8) is 0 Å². The normalized spacial score (nSPS) is 12.2. The molecule has 0 aliphatic rings. The number of aromatic amines is 1. The van der Waals surface area contributed by atoms with E-state index in [0.29, 0.717) is 23.5 Å². The van der Waals surface area contributed by atoms with Gasteiger partial charge in [-0.05, 0) is 12.0 Å². The Labute approximate surface area is 217 Å². The van der Waals surface area contributed by atoms with Gasteiger partial charge in [0, 0.05) is 17.1 Å². The maximum Gasteiger partial charge on any atom is 0.329 e. The van der Waals surface area contributed by atoms with Crippen molar-refractivity contribution in [1.82, 2.24) is 15.3 Å². The van der Waals surface area contributed by atoms with Crippen LogP contribution < -0.4 is 10.9 Å². The number of carbonyl (C=O) groups excluding carboxylic acids is 2. The predicted octanol–water partition coefficient (Wildman–Crippen LogP) is 3.77. The lowest BCUT2D eigenvalue weighted by molar-refractivity contribution is -0.144. The number of rotatable bonds is 11. The van der Waals surface area contributed by atoms with Crippen LogP contribution in [-0.4, -0.2) is 46.0 Å². The van der Waals surface area contributed by atoms with Crippen molar-refractivity contribution in [2.45, 2.75) is 35.5 Å². The van der Waals surface area contributed by atoms with Crippen molar-refractivity contribution in [3.05, 3.63) is 82.1 Å². The number of hydrogen-bond acceptors (Lipinski definition) is 8. The predicted molar refractivity (Wildman–Crippen MR) is 141 cm³/mol. The first kappa shape index (κ1) is 27.0. The molecule has 1 amide bonds. The van der Waals surface area contributed by atoms with Crippen LogP contribution in [0.5, 0.6) is 0 Å². The van der Waals surface area contributed by atoms with Gasteiger partial charge in [-0.2, -0.15) is 17.0 Å². The summed E-state index contributed by atoms with van der Waals surface area (Å²) in [4.78, 5) is 45.0. The Balaban J connectivity index is 1.73. The number of nitrogens with zero attached hydrogens (tertiary/aromatic N) is 2. The molecule has 0 fully saturated rings. The van der Waals surface area contributed by atoms with Crippen LogP contribution in [0.3, 0.4) is 0 Å². The smallest absolute Gasteiger partial charge is 0.329 e. The van der Waals surface area contributed by atoms with Crippen LogP contribution in [0, 0.1) is 11.3 Å². The van der Waals surface area contributed by atoms with E-state index in [0.717, 1.165) is 17.3 Å². The Morgan fingerprint density at radius 1 is 1.14 bits per heavy atom. The fourth-order valence-corrected chi connectivity index (χ4v) is 5.23. The number of ether oxygens (including phenoxy) is 1. The molecule has 3 rings (SSSR count). The fourth-order valence-electron chi connectivity index (χ4n) is 3.32. The molecule has 0 aliphatic heterocycles. The van der Waals surface area contributed by atoms with E-state index in [1.807, 2.05) is 49.4 Å². The highest BCUT2D eigenvalue weighted by atomic mass is 32.2. The number of nitriles is 1. The Morgan fingerprint density at radius 3 is 2.42 bits per heavy atom. The highest BCUT2D eigenvalue weighted by Crippen LogP contribution is 2.26. The van der Waals surface area contributed by atoms with Gasteiger partial charge in [0.2, 0.25) is 5.91 Å². The molecule has 0 radical (unpaired) electrons. The molecule has 1 aromatic heterocycles. The molecular formula is C26H26N4O4S2. The first-order valence-corrected chi connectivity index (χ1v) is 13.3. The van der Waals surface area contributed by atoms with Crippen LogP contribution in [0.4, 0.5) is 0 Å². The lowest BCUT2D eigenvalue weighted by Gasteiger charge is -2.20. The number of nitrogens with one attached hydrogen (secondary N) is 2. The summed E-state index contributed by atoms with van der Waals surface area (Å²) in [6.07, 6.45) is 0.423. The molecule has 186 valence electrons. The summed E-state index contributed by atoms with van der Waals surface area (Å²) >= 11 is 2.59. The van der Waals surface area contributed by atoms with Gasteiger partial charge < -0.3 is 15.0 Å². The Hall–Kier alpha value is -3.55. The second-order valence-corrected chi connectivity index (χ2v) is 9.89.